The smallest absolute Gasteiger partial charge is 0.352 e. The Bertz CT molecular complexity index is 1230. The Morgan fingerprint density at radius 1 is 1.33 bits per heavy atom. The van der Waals surface area contributed by atoms with Gasteiger partial charge in [-0.2, -0.15) is 13.7 Å². The first-order valence-electron chi connectivity index (χ1n) is 10.9. The van der Waals surface area contributed by atoms with Crippen LogP contribution in [-0.4, -0.2) is 81.2 Å². The molecule has 0 bridgehead atoms. The molecule has 2 amide bonds. The van der Waals surface area contributed by atoms with Gasteiger partial charge in [0.25, 0.3) is 11.8 Å². The minimum absolute atomic E-state index is 0.00929. The van der Waals surface area contributed by atoms with Crippen molar-refractivity contribution in [1.29, 1.82) is 0 Å². The number of carbonyl (C=O) groups excluding carboxylic acids is 2. The minimum atomic E-state index is -1.19. The predicted molar refractivity (Wildman–Crippen MR) is 135 cm³/mol. The highest BCUT2D eigenvalue weighted by Crippen LogP contribution is 2.41. The van der Waals surface area contributed by atoms with Crippen LogP contribution in [0.3, 0.4) is 0 Å². The van der Waals surface area contributed by atoms with E-state index in [0.29, 0.717) is 21.4 Å². The van der Waals surface area contributed by atoms with Crippen LogP contribution in [0, 0.1) is 0 Å². The number of nitrogens with two attached hydrogens (primary N) is 1. The Morgan fingerprint density at radius 2 is 2.14 bits per heavy atom. The maximum Gasteiger partial charge on any atom is 0.352 e. The molecule has 4 N–H and O–H groups in total. The SMILES string of the molecule is Nc1nc(C(=NOC2CCCC2)C(=O)NC2C(=O)N3C(C(=O)O)=C(CSc4ncns4)CS[C@H]23)ns1. The predicted octanol–water partition coefficient (Wildman–Crippen LogP) is 1.17. The number of hydrogen-bond acceptors (Lipinski definition) is 14. The van der Waals surface area contributed by atoms with Crippen molar-refractivity contribution in [3.05, 3.63) is 23.4 Å². The fourth-order valence-corrected chi connectivity index (χ4v) is 7.38. The van der Waals surface area contributed by atoms with Gasteiger partial charge in [0.1, 0.15) is 29.5 Å². The Morgan fingerprint density at radius 3 is 2.81 bits per heavy atom. The molecule has 2 aromatic rings. The molecule has 1 saturated carbocycles. The molecule has 3 aliphatic rings. The third-order valence-corrected chi connectivity index (χ3v) is 9.48. The van der Waals surface area contributed by atoms with Crippen LogP contribution in [0.5, 0.6) is 0 Å². The number of anilines is 1. The van der Waals surface area contributed by atoms with Crippen molar-refractivity contribution in [3.63, 3.8) is 0 Å². The van der Waals surface area contributed by atoms with Gasteiger partial charge in [-0.1, -0.05) is 16.9 Å². The zero-order valence-electron chi connectivity index (χ0n) is 18.5. The van der Waals surface area contributed by atoms with Crippen molar-refractivity contribution >= 4 is 75.2 Å². The molecule has 0 spiro atoms. The molecule has 17 heteroatoms. The van der Waals surface area contributed by atoms with Gasteiger partial charge in [0.2, 0.25) is 11.5 Å². The summed E-state index contributed by atoms with van der Waals surface area (Å²) in [7, 11) is 0. The molecular weight excluding hydrogens is 549 g/mol. The lowest BCUT2D eigenvalue weighted by Crippen LogP contribution is -2.71. The van der Waals surface area contributed by atoms with Gasteiger partial charge in [0, 0.05) is 23.0 Å². The summed E-state index contributed by atoms with van der Waals surface area (Å²) in [6, 6.07) is -0.929. The second-order valence-electron chi connectivity index (χ2n) is 8.02. The lowest BCUT2D eigenvalue weighted by atomic mass is 10.0. The van der Waals surface area contributed by atoms with E-state index in [1.807, 2.05) is 0 Å². The summed E-state index contributed by atoms with van der Waals surface area (Å²) in [5, 5.41) is 16.1. The summed E-state index contributed by atoms with van der Waals surface area (Å²) >= 11 is 4.88. The fraction of sp³-hybridized carbons (Fsp3) is 0.474. The maximum atomic E-state index is 13.1. The Balaban J connectivity index is 1.30. The standard InChI is InChI=1S/C19H20N8O5S4/c20-18-24-13(26-35-18)10(25-32-9-3-1-2-4-9)14(28)23-11-15(29)27-12(17(30)31)8(5-33-16(11)27)6-34-19-21-7-22-36-19/h7,9,11,16H,1-6H2,(H,23,28)(H,30,31)(H2,20,24,26)/t11?,16-/m1/s1. The molecule has 5 rings (SSSR count). The van der Waals surface area contributed by atoms with Gasteiger partial charge < -0.3 is 21.0 Å². The van der Waals surface area contributed by atoms with Gasteiger partial charge in [-0.05, 0) is 42.8 Å². The van der Waals surface area contributed by atoms with Gasteiger partial charge in [-0.15, -0.1) is 11.8 Å². The first-order chi connectivity index (χ1) is 17.4. The average molecular weight is 569 g/mol. The van der Waals surface area contributed by atoms with E-state index in [4.69, 9.17) is 10.6 Å². The van der Waals surface area contributed by atoms with Crippen LogP contribution >= 0.6 is 46.6 Å². The topological polar surface area (TPSA) is 186 Å². The molecule has 2 aliphatic heterocycles. The molecule has 2 fully saturated rings. The monoisotopic (exact) mass is 568 g/mol. The van der Waals surface area contributed by atoms with E-state index in [1.54, 1.807) is 0 Å². The number of thioether (sulfide) groups is 2. The lowest BCUT2D eigenvalue weighted by molar-refractivity contribution is -0.150. The number of aliphatic carboxylic acids is 1. The molecule has 13 nitrogen and oxygen atoms in total. The number of β-lactam (4-membered cyclic amide) rings is 1. The van der Waals surface area contributed by atoms with Crippen LogP contribution in [-0.2, 0) is 19.2 Å². The highest BCUT2D eigenvalue weighted by atomic mass is 32.2. The quantitative estimate of drug-likeness (QED) is 0.170. The Hall–Kier alpha value is -2.76. The van der Waals surface area contributed by atoms with Crippen LogP contribution in [0.2, 0.25) is 0 Å². The van der Waals surface area contributed by atoms with E-state index < -0.39 is 29.2 Å². The van der Waals surface area contributed by atoms with Gasteiger partial charge in [-0.25, -0.2) is 9.78 Å². The number of nitrogen functional groups attached to an aromatic ring is 1. The van der Waals surface area contributed by atoms with Crippen molar-refractivity contribution in [1.82, 2.24) is 28.9 Å². The Labute approximate surface area is 221 Å². The highest BCUT2D eigenvalue weighted by Gasteiger charge is 2.54. The zero-order chi connectivity index (χ0) is 25.2. The summed E-state index contributed by atoms with van der Waals surface area (Å²) in [6.07, 6.45) is 5.06. The van der Waals surface area contributed by atoms with E-state index in [9.17, 15) is 19.5 Å². The number of nitrogens with one attached hydrogen (secondary N) is 1. The molecular formula is C19H20N8O5S4. The molecule has 2 aromatic heterocycles. The Kier molecular flexibility index (Phi) is 7.40. The number of fused-ring (bicyclic) bond motifs is 1. The van der Waals surface area contributed by atoms with E-state index in [1.165, 1.54) is 46.3 Å². The molecule has 1 unspecified atom stereocenters. The van der Waals surface area contributed by atoms with Gasteiger partial charge in [-0.3, -0.25) is 14.5 Å². The van der Waals surface area contributed by atoms with E-state index in [0.717, 1.165) is 37.2 Å². The van der Waals surface area contributed by atoms with Crippen molar-refractivity contribution in [2.75, 3.05) is 17.2 Å². The zero-order valence-corrected chi connectivity index (χ0v) is 21.8. The number of oxime groups is 1. The van der Waals surface area contributed by atoms with Crippen molar-refractivity contribution in [2.45, 2.75) is 47.5 Å². The summed E-state index contributed by atoms with van der Waals surface area (Å²) in [5.74, 6) is -1.63. The van der Waals surface area contributed by atoms with E-state index in [2.05, 4.69) is 29.2 Å². The minimum Gasteiger partial charge on any atom is -0.477 e. The number of nitrogens with zero attached hydrogens (tertiary/aromatic N) is 6. The van der Waals surface area contributed by atoms with E-state index in [-0.39, 0.29) is 28.5 Å². The number of hydrogen-bond donors (Lipinski definition) is 3. The molecule has 36 heavy (non-hydrogen) atoms. The molecule has 1 saturated heterocycles. The van der Waals surface area contributed by atoms with Crippen LogP contribution in [0.1, 0.15) is 31.5 Å². The number of carboxylic acids is 1. The number of aromatic nitrogens is 4. The number of carboxylic acid groups (broad SMARTS) is 1. The second-order valence-corrected chi connectivity index (χ2v) is 11.9. The maximum absolute atomic E-state index is 13.1. The largest absolute Gasteiger partial charge is 0.477 e. The summed E-state index contributed by atoms with van der Waals surface area (Å²) in [6.45, 7) is 0. The van der Waals surface area contributed by atoms with Gasteiger partial charge in [0.05, 0.1) is 0 Å². The van der Waals surface area contributed by atoms with E-state index >= 15 is 0 Å². The summed E-state index contributed by atoms with van der Waals surface area (Å²) in [4.78, 5) is 53.1. The first kappa shape index (κ1) is 24.9. The number of rotatable bonds is 9. The van der Waals surface area contributed by atoms with Crippen molar-refractivity contribution < 1.29 is 24.3 Å². The van der Waals surface area contributed by atoms with Gasteiger partial charge >= 0.3 is 5.97 Å². The highest BCUT2D eigenvalue weighted by molar-refractivity contribution is 8.01. The molecule has 190 valence electrons. The second kappa shape index (κ2) is 10.7. The molecule has 0 radical (unpaired) electrons. The van der Waals surface area contributed by atoms with Crippen molar-refractivity contribution in [2.24, 2.45) is 5.16 Å². The van der Waals surface area contributed by atoms with Gasteiger partial charge in [0.15, 0.2) is 9.47 Å². The first-order valence-corrected chi connectivity index (χ1v) is 14.4. The summed E-state index contributed by atoms with van der Waals surface area (Å²) < 4.78 is 8.70. The van der Waals surface area contributed by atoms with Crippen LogP contribution < -0.4 is 11.1 Å². The summed E-state index contributed by atoms with van der Waals surface area (Å²) in [5.41, 5.74) is 6.05. The molecule has 4 heterocycles. The number of amides is 2. The van der Waals surface area contributed by atoms with Crippen LogP contribution in [0.15, 0.2) is 27.1 Å². The molecule has 0 aromatic carbocycles. The van der Waals surface area contributed by atoms with Crippen molar-refractivity contribution in [3.8, 4) is 0 Å². The lowest BCUT2D eigenvalue weighted by Gasteiger charge is -2.49. The van der Waals surface area contributed by atoms with Crippen LogP contribution in [0.4, 0.5) is 5.13 Å². The third-order valence-electron chi connectivity index (χ3n) is 5.71. The number of carbonyl (C=O) groups is 3. The average Bonchev–Trinajstić information content (AvgIpc) is 3.64. The fourth-order valence-electron chi connectivity index (χ4n) is 4.02. The normalized spacial score (nSPS) is 22.4. The molecule has 1 aliphatic carbocycles. The molecule has 2 atom stereocenters. The third kappa shape index (κ3) is 5.05. The van der Waals surface area contributed by atoms with Crippen LogP contribution in [0.25, 0.3) is 0 Å².